The van der Waals surface area contributed by atoms with Gasteiger partial charge < -0.3 is 14.6 Å². The van der Waals surface area contributed by atoms with Gasteiger partial charge in [-0.05, 0) is 20.3 Å². The molecule has 0 saturated carbocycles. The van der Waals surface area contributed by atoms with Crippen molar-refractivity contribution in [3.63, 3.8) is 0 Å². The number of carbonyl (C=O) groups excluding carboxylic acids is 2. The number of esters is 1. The van der Waals surface area contributed by atoms with E-state index in [0.717, 1.165) is 12.0 Å². The van der Waals surface area contributed by atoms with Crippen LogP contribution in [0.4, 0.5) is 0 Å². The van der Waals surface area contributed by atoms with Crippen molar-refractivity contribution in [3.8, 4) is 11.3 Å². The van der Waals surface area contributed by atoms with Crippen LogP contribution in [0.25, 0.3) is 11.3 Å². The Morgan fingerprint density at radius 3 is 2.65 bits per heavy atom. The third kappa shape index (κ3) is 4.18. The third-order valence-corrected chi connectivity index (χ3v) is 3.47. The van der Waals surface area contributed by atoms with Gasteiger partial charge in [-0.3, -0.25) is 4.79 Å². The first-order valence-corrected chi connectivity index (χ1v) is 7.51. The van der Waals surface area contributed by atoms with Crippen LogP contribution in [0, 0.1) is 6.92 Å². The molecule has 0 aliphatic carbocycles. The molecule has 0 aliphatic heterocycles. The van der Waals surface area contributed by atoms with Gasteiger partial charge >= 0.3 is 5.97 Å². The molecule has 6 nitrogen and oxygen atoms in total. The molecule has 0 fully saturated rings. The van der Waals surface area contributed by atoms with Gasteiger partial charge in [-0.2, -0.15) is 0 Å². The van der Waals surface area contributed by atoms with Gasteiger partial charge in [-0.25, -0.2) is 4.79 Å². The van der Waals surface area contributed by atoms with E-state index in [4.69, 9.17) is 9.26 Å². The third-order valence-electron chi connectivity index (χ3n) is 3.47. The van der Waals surface area contributed by atoms with Crippen molar-refractivity contribution in [1.82, 2.24) is 10.5 Å². The Kier molecular flexibility index (Phi) is 5.51. The fourth-order valence-corrected chi connectivity index (χ4v) is 2.03. The first kappa shape index (κ1) is 16.7. The molecule has 0 spiro atoms. The van der Waals surface area contributed by atoms with Crippen LogP contribution in [0.5, 0.6) is 0 Å². The molecular formula is C17H20N2O4. The van der Waals surface area contributed by atoms with Crippen molar-refractivity contribution in [2.75, 3.05) is 6.61 Å². The molecule has 1 N–H and O–H groups in total. The minimum atomic E-state index is -0.623. The molecule has 122 valence electrons. The van der Waals surface area contributed by atoms with Gasteiger partial charge in [0.15, 0.2) is 6.61 Å². The van der Waals surface area contributed by atoms with Gasteiger partial charge in [0.2, 0.25) is 0 Å². The van der Waals surface area contributed by atoms with Crippen molar-refractivity contribution >= 4 is 11.9 Å². The summed E-state index contributed by atoms with van der Waals surface area (Å²) in [7, 11) is 0. The molecule has 1 amide bonds. The van der Waals surface area contributed by atoms with Crippen LogP contribution in [0.2, 0.25) is 0 Å². The average Bonchev–Trinajstić information content (AvgIpc) is 2.95. The first-order valence-electron chi connectivity index (χ1n) is 7.51. The number of carbonyl (C=O) groups is 2. The summed E-state index contributed by atoms with van der Waals surface area (Å²) >= 11 is 0. The van der Waals surface area contributed by atoms with Crippen LogP contribution in [-0.2, 0) is 9.53 Å². The van der Waals surface area contributed by atoms with Crippen LogP contribution in [-0.4, -0.2) is 29.7 Å². The second-order valence-electron chi connectivity index (χ2n) is 5.28. The van der Waals surface area contributed by atoms with Crippen LogP contribution < -0.4 is 5.32 Å². The summed E-state index contributed by atoms with van der Waals surface area (Å²) in [5.74, 6) is -0.596. The van der Waals surface area contributed by atoms with Crippen molar-refractivity contribution in [2.45, 2.75) is 33.2 Å². The van der Waals surface area contributed by atoms with E-state index in [1.165, 1.54) is 0 Å². The fraction of sp³-hybridized carbons (Fsp3) is 0.353. The predicted octanol–water partition coefficient (Wildman–Crippen LogP) is 2.72. The standard InChI is InChI=1S/C17H20N2O4/c1-4-11(2)18-14(20)10-22-17(21)15-12(3)23-19-16(15)13-8-6-5-7-9-13/h5-9,11H,4,10H2,1-3H3,(H,18,20). The number of amides is 1. The van der Waals surface area contributed by atoms with E-state index >= 15 is 0 Å². The van der Waals surface area contributed by atoms with E-state index in [1.54, 1.807) is 6.92 Å². The Labute approximate surface area is 134 Å². The lowest BCUT2D eigenvalue weighted by Gasteiger charge is -2.11. The molecule has 1 unspecified atom stereocenters. The summed E-state index contributed by atoms with van der Waals surface area (Å²) in [5, 5.41) is 6.66. The van der Waals surface area contributed by atoms with Crippen LogP contribution in [0.1, 0.15) is 36.4 Å². The summed E-state index contributed by atoms with van der Waals surface area (Å²) in [6.07, 6.45) is 0.808. The molecule has 23 heavy (non-hydrogen) atoms. The molecule has 0 radical (unpaired) electrons. The Balaban J connectivity index is 2.09. The molecule has 2 rings (SSSR count). The maximum absolute atomic E-state index is 12.3. The number of rotatable bonds is 6. The summed E-state index contributed by atoms with van der Waals surface area (Å²) in [6, 6.07) is 9.24. The van der Waals surface area contributed by atoms with Crippen molar-refractivity contribution in [1.29, 1.82) is 0 Å². The molecule has 0 aliphatic rings. The normalized spacial score (nSPS) is 11.8. The highest BCUT2D eigenvalue weighted by Gasteiger charge is 2.23. The van der Waals surface area contributed by atoms with Crippen LogP contribution in [0.15, 0.2) is 34.9 Å². The lowest BCUT2D eigenvalue weighted by molar-refractivity contribution is -0.124. The fourth-order valence-electron chi connectivity index (χ4n) is 2.03. The number of hydrogen-bond acceptors (Lipinski definition) is 5. The van der Waals surface area contributed by atoms with Gasteiger partial charge in [-0.1, -0.05) is 42.4 Å². The zero-order valence-corrected chi connectivity index (χ0v) is 13.5. The Morgan fingerprint density at radius 1 is 1.30 bits per heavy atom. The van der Waals surface area contributed by atoms with Gasteiger partial charge in [0.25, 0.3) is 5.91 Å². The number of nitrogens with zero attached hydrogens (tertiary/aromatic N) is 1. The van der Waals surface area contributed by atoms with E-state index in [-0.39, 0.29) is 24.1 Å². The molecular weight excluding hydrogens is 296 g/mol. The lowest BCUT2D eigenvalue weighted by atomic mass is 10.1. The topological polar surface area (TPSA) is 81.4 Å². The minimum absolute atomic E-state index is 0.0402. The molecule has 1 aromatic carbocycles. The molecule has 2 aromatic rings. The quantitative estimate of drug-likeness (QED) is 0.829. The van der Waals surface area contributed by atoms with Gasteiger partial charge in [0.1, 0.15) is 17.0 Å². The van der Waals surface area contributed by atoms with E-state index in [1.807, 2.05) is 44.2 Å². The summed E-state index contributed by atoms with van der Waals surface area (Å²) in [4.78, 5) is 24.0. The molecule has 0 saturated heterocycles. The zero-order valence-electron chi connectivity index (χ0n) is 13.5. The highest BCUT2D eigenvalue weighted by Crippen LogP contribution is 2.25. The summed E-state index contributed by atoms with van der Waals surface area (Å²) < 4.78 is 10.2. The largest absolute Gasteiger partial charge is 0.452 e. The van der Waals surface area contributed by atoms with E-state index in [9.17, 15) is 9.59 Å². The van der Waals surface area contributed by atoms with Gasteiger partial charge in [0, 0.05) is 11.6 Å². The maximum Gasteiger partial charge on any atom is 0.344 e. The highest BCUT2D eigenvalue weighted by molar-refractivity contribution is 5.98. The summed E-state index contributed by atoms with van der Waals surface area (Å²) in [5.41, 5.74) is 1.41. The second kappa shape index (κ2) is 7.58. The minimum Gasteiger partial charge on any atom is -0.452 e. The number of aryl methyl sites for hydroxylation is 1. The lowest BCUT2D eigenvalue weighted by Crippen LogP contribution is -2.35. The van der Waals surface area contributed by atoms with E-state index < -0.39 is 5.97 Å². The smallest absolute Gasteiger partial charge is 0.344 e. The molecule has 0 bridgehead atoms. The number of hydrogen-bond donors (Lipinski definition) is 1. The van der Waals surface area contributed by atoms with E-state index in [0.29, 0.717) is 11.5 Å². The Hall–Kier alpha value is -2.63. The Morgan fingerprint density at radius 2 is 2.00 bits per heavy atom. The predicted molar refractivity (Wildman–Crippen MR) is 84.9 cm³/mol. The summed E-state index contributed by atoms with van der Waals surface area (Å²) in [6.45, 7) is 5.15. The number of aromatic nitrogens is 1. The molecule has 1 atom stereocenters. The monoisotopic (exact) mass is 316 g/mol. The number of nitrogens with one attached hydrogen (secondary N) is 1. The second-order valence-corrected chi connectivity index (χ2v) is 5.28. The first-order chi connectivity index (χ1) is 11.0. The molecule has 1 aromatic heterocycles. The number of benzene rings is 1. The highest BCUT2D eigenvalue weighted by atomic mass is 16.5. The van der Waals surface area contributed by atoms with Crippen molar-refractivity contribution in [3.05, 3.63) is 41.7 Å². The SMILES string of the molecule is CCC(C)NC(=O)COC(=O)c1c(-c2ccccc2)noc1C. The van der Waals surface area contributed by atoms with Crippen LogP contribution in [0.3, 0.4) is 0 Å². The molecule has 1 heterocycles. The maximum atomic E-state index is 12.3. The number of ether oxygens (including phenoxy) is 1. The van der Waals surface area contributed by atoms with Crippen LogP contribution >= 0.6 is 0 Å². The van der Waals surface area contributed by atoms with Crippen molar-refractivity contribution < 1.29 is 18.8 Å². The van der Waals surface area contributed by atoms with E-state index in [2.05, 4.69) is 10.5 Å². The average molecular weight is 316 g/mol. The molecule has 6 heteroatoms. The van der Waals surface area contributed by atoms with Gasteiger partial charge in [0.05, 0.1) is 0 Å². The van der Waals surface area contributed by atoms with Crippen molar-refractivity contribution in [2.24, 2.45) is 0 Å². The zero-order chi connectivity index (χ0) is 16.8. The Bertz CT molecular complexity index is 679. The van der Waals surface area contributed by atoms with Gasteiger partial charge in [-0.15, -0.1) is 0 Å².